The van der Waals surface area contributed by atoms with E-state index in [1.54, 1.807) is 0 Å². The third-order valence-corrected chi connectivity index (χ3v) is 5.70. The maximum Gasteiger partial charge on any atom is 0.0974 e. The van der Waals surface area contributed by atoms with Crippen LogP contribution in [0.25, 0.3) is 43.7 Å². The zero-order valence-electron chi connectivity index (χ0n) is 14.5. The summed E-state index contributed by atoms with van der Waals surface area (Å²) in [7, 11) is 0. The molecule has 1 aliphatic rings. The van der Waals surface area contributed by atoms with Gasteiger partial charge in [0.15, 0.2) is 0 Å². The summed E-state index contributed by atoms with van der Waals surface area (Å²) in [6.07, 6.45) is 2.81. The van der Waals surface area contributed by atoms with Gasteiger partial charge in [0.25, 0.3) is 0 Å². The molecule has 2 nitrogen and oxygen atoms in total. The summed E-state index contributed by atoms with van der Waals surface area (Å²) in [5, 5.41) is 5.02. The van der Waals surface area contributed by atoms with E-state index in [1.807, 2.05) is 12.3 Å². The Balaban J connectivity index is 1.79. The molecule has 0 saturated heterocycles. The van der Waals surface area contributed by atoms with E-state index in [-0.39, 0.29) is 0 Å². The van der Waals surface area contributed by atoms with Crippen LogP contribution in [0, 0.1) is 6.92 Å². The molecule has 0 N–H and O–H groups in total. The van der Waals surface area contributed by atoms with E-state index in [2.05, 4.69) is 66.5 Å². The first-order valence-electron chi connectivity index (χ1n) is 8.99. The van der Waals surface area contributed by atoms with Gasteiger partial charge in [-0.1, -0.05) is 54.6 Å². The zero-order valence-corrected chi connectivity index (χ0v) is 14.5. The largest absolute Gasteiger partial charge is 0.254 e. The Morgan fingerprint density at radius 1 is 0.731 bits per heavy atom. The SMILES string of the molecule is Cc1nc2c(ccc3cccnc32)c2c1Cc1c-2ccc2ccccc12. The van der Waals surface area contributed by atoms with Crippen molar-refractivity contribution in [2.75, 3.05) is 0 Å². The lowest BCUT2D eigenvalue weighted by molar-refractivity contribution is 1.15. The number of aromatic nitrogens is 2. The molecule has 0 radical (unpaired) electrons. The molecular weight excluding hydrogens is 316 g/mol. The van der Waals surface area contributed by atoms with Gasteiger partial charge in [0.2, 0.25) is 0 Å². The standard InChI is InChI=1S/C24H16N2/c1-14-20-13-21-17-7-3-2-5-15(17)8-10-18(21)22(20)19-11-9-16-6-4-12-25-23(16)24(19)26-14/h2-12H,13H2,1H3. The predicted octanol–water partition coefficient (Wildman–Crippen LogP) is 5.82. The van der Waals surface area contributed by atoms with Gasteiger partial charge in [-0.2, -0.15) is 0 Å². The first-order valence-corrected chi connectivity index (χ1v) is 8.99. The molecule has 5 aromatic rings. The van der Waals surface area contributed by atoms with Gasteiger partial charge >= 0.3 is 0 Å². The van der Waals surface area contributed by atoms with Crippen LogP contribution in [-0.2, 0) is 6.42 Å². The maximum atomic E-state index is 4.98. The summed E-state index contributed by atoms with van der Waals surface area (Å²) in [4.78, 5) is 9.60. The van der Waals surface area contributed by atoms with Crippen molar-refractivity contribution in [2.24, 2.45) is 0 Å². The van der Waals surface area contributed by atoms with E-state index in [4.69, 9.17) is 4.98 Å². The summed E-state index contributed by atoms with van der Waals surface area (Å²) < 4.78 is 0. The molecule has 0 bridgehead atoms. The van der Waals surface area contributed by atoms with Crippen LogP contribution in [0.15, 0.2) is 66.9 Å². The third kappa shape index (κ3) is 1.71. The molecule has 2 heteroatoms. The van der Waals surface area contributed by atoms with Gasteiger partial charge in [-0.05, 0) is 46.0 Å². The van der Waals surface area contributed by atoms with Crippen LogP contribution in [0.2, 0.25) is 0 Å². The molecule has 0 aliphatic heterocycles. The van der Waals surface area contributed by atoms with Crippen molar-refractivity contribution in [1.29, 1.82) is 0 Å². The van der Waals surface area contributed by atoms with Crippen molar-refractivity contribution >= 4 is 32.6 Å². The van der Waals surface area contributed by atoms with E-state index in [0.717, 1.165) is 28.5 Å². The molecule has 0 saturated carbocycles. The number of aryl methyl sites for hydroxylation is 1. The fourth-order valence-electron chi connectivity index (χ4n) is 4.48. The van der Waals surface area contributed by atoms with Crippen molar-refractivity contribution in [2.45, 2.75) is 13.3 Å². The van der Waals surface area contributed by atoms with Gasteiger partial charge in [0.05, 0.1) is 11.0 Å². The van der Waals surface area contributed by atoms with Crippen LogP contribution in [0.3, 0.4) is 0 Å². The van der Waals surface area contributed by atoms with Crippen LogP contribution in [0.1, 0.15) is 16.8 Å². The lowest BCUT2D eigenvalue weighted by Crippen LogP contribution is -1.95. The van der Waals surface area contributed by atoms with E-state index in [0.29, 0.717) is 0 Å². The van der Waals surface area contributed by atoms with Crippen LogP contribution >= 0.6 is 0 Å². The second kappa shape index (κ2) is 4.89. The molecule has 0 spiro atoms. The Bertz CT molecular complexity index is 1370. The van der Waals surface area contributed by atoms with Crippen LogP contribution in [0.5, 0.6) is 0 Å². The van der Waals surface area contributed by atoms with E-state index >= 15 is 0 Å². The monoisotopic (exact) mass is 332 g/mol. The Kier molecular flexibility index (Phi) is 2.63. The van der Waals surface area contributed by atoms with Gasteiger partial charge in [-0.25, -0.2) is 0 Å². The zero-order chi connectivity index (χ0) is 17.3. The predicted molar refractivity (Wildman–Crippen MR) is 108 cm³/mol. The molecule has 26 heavy (non-hydrogen) atoms. The number of pyridine rings is 2. The fourth-order valence-corrected chi connectivity index (χ4v) is 4.48. The lowest BCUT2D eigenvalue weighted by atomic mass is 9.96. The average Bonchev–Trinajstić information content (AvgIpc) is 3.09. The maximum absolute atomic E-state index is 4.98. The molecule has 0 atom stereocenters. The highest BCUT2D eigenvalue weighted by Crippen LogP contribution is 2.45. The average molecular weight is 332 g/mol. The van der Waals surface area contributed by atoms with Gasteiger partial charge in [-0.15, -0.1) is 0 Å². The topological polar surface area (TPSA) is 25.8 Å². The van der Waals surface area contributed by atoms with Crippen LogP contribution in [0.4, 0.5) is 0 Å². The van der Waals surface area contributed by atoms with Crippen LogP contribution in [-0.4, -0.2) is 9.97 Å². The minimum atomic E-state index is 0.959. The van der Waals surface area contributed by atoms with Crippen molar-refractivity contribution in [3.63, 3.8) is 0 Å². The van der Waals surface area contributed by atoms with Crippen LogP contribution < -0.4 is 0 Å². The molecule has 3 aromatic carbocycles. The van der Waals surface area contributed by atoms with Crippen molar-refractivity contribution in [3.05, 3.63) is 83.7 Å². The second-order valence-electron chi connectivity index (χ2n) is 7.08. The number of benzene rings is 3. The van der Waals surface area contributed by atoms with Crippen molar-refractivity contribution < 1.29 is 0 Å². The Labute approximate surface area is 151 Å². The molecule has 1 aliphatic carbocycles. The Morgan fingerprint density at radius 3 is 2.54 bits per heavy atom. The van der Waals surface area contributed by atoms with Gasteiger partial charge in [0, 0.05) is 29.1 Å². The molecular formula is C24H16N2. The molecule has 0 fully saturated rings. The van der Waals surface area contributed by atoms with Gasteiger partial charge in [0.1, 0.15) is 0 Å². The first kappa shape index (κ1) is 14.0. The second-order valence-corrected chi connectivity index (χ2v) is 7.08. The number of fused-ring (bicyclic) bond motifs is 9. The molecule has 6 rings (SSSR count). The minimum Gasteiger partial charge on any atom is -0.254 e. The smallest absolute Gasteiger partial charge is 0.0974 e. The highest BCUT2D eigenvalue weighted by Gasteiger charge is 2.25. The lowest BCUT2D eigenvalue weighted by Gasteiger charge is -2.11. The van der Waals surface area contributed by atoms with E-state index in [9.17, 15) is 0 Å². The number of hydrogen-bond acceptors (Lipinski definition) is 2. The number of rotatable bonds is 0. The fraction of sp³-hybridized carbons (Fsp3) is 0.0833. The molecule has 0 amide bonds. The summed E-state index contributed by atoms with van der Waals surface area (Å²) in [6, 6.07) is 21.7. The minimum absolute atomic E-state index is 0.959. The quantitative estimate of drug-likeness (QED) is 0.328. The highest BCUT2D eigenvalue weighted by molar-refractivity contribution is 6.11. The first-order chi connectivity index (χ1) is 12.8. The Morgan fingerprint density at radius 2 is 1.58 bits per heavy atom. The van der Waals surface area contributed by atoms with E-state index in [1.165, 1.54) is 38.4 Å². The summed E-state index contributed by atoms with van der Waals surface area (Å²) in [6.45, 7) is 2.13. The highest BCUT2D eigenvalue weighted by atomic mass is 14.8. The third-order valence-electron chi connectivity index (χ3n) is 5.70. The van der Waals surface area contributed by atoms with Crippen molar-refractivity contribution in [1.82, 2.24) is 9.97 Å². The molecule has 0 unspecified atom stereocenters. The summed E-state index contributed by atoms with van der Waals surface area (Å²) in [5.41, 5.74) is 8.61. The molecule has 2 heterocycles. The summed E-state index contributed by atoms with van der Waals surface area (Å²) in [5.74, 6) is 0. The molecule has 122 valence electrons. The van der Waals surface area contributed by atoms with Gasteiger partial charge < -0.3 is 0 Å². The molecule has 2 aromatic heterocycles. The number of hydrogen-bond donors (Lipinski definition) is 0. The number of nitrogens with zero attached hydrogens (tertiary/aromatic N) is 2. The van der Waals surface area contributed by atoms with E-state index < -0.39 is 0 Å². The van der Waals surface area contributed by atoms with Gasteiger partial charge in [-0.3, -0.25) is 9.97 Å². The normalized spacial score (nSPS) is 12.7. The van der Waals surface area contributed by atoms with Crippen molar-refractivity contribution in [3.8, 4) is 11.1 Å². The summed E-state index contributed by atoms with van der Waals surface area (Å²) >= 11 is 0. The Hall–Kier alpha value is -3.26.